The molecule has 0 radical (unpaired) electrons. The molecule has 11 heteroatoms. The molecule has 0 unspecified atom stereocenters. The van der Waals surface area contributed by atoms with Crippen LogP contribution >= 0.6 is 0 Å². The first kappa shape index (κ1) is 20.1. The predicted octanol–water partition coefficient (Wildman–Crippen LogP) is 1.15. The molecule has 2 heterocycles. The molecule has 3 N–H and O–H groups in total. The minimum absolute atomic E-state index is 0.00139. The van der Waals surface area contributed by atoms with E-state index >= 15 is 0 Å². The van der Waals surface area contributed by atoms with Crippen molar-refractivity contribution >= 4 is 17.9 Å². The molecule has 11 nitrogen and oxygen atoms in total. The lowest BCUT2D eigenvalue weighted by atomic mass is 10.2. The summed E-state index contributed by atoms with van der Waals surface area (Å²) in [4.78, 5) is 15.0. The highest BCUT2D eigenvalue weighted by molar-refractivity contribution is 5.95. The quantitative estimate of drug-likeness (QED) is 0.426. The smallest absolute Gasteiger partial charge is 0.292 e. The second-order valence-corrected chi connectivity index (χ2v) is 6.34. The maximum atomic E-state index is 12.9. The molecule has 1 aromatic carbocycles. The summed E-state index contributed by atoms with van der Waals surface area (Å²) in [5, 5.41) is 19.4. The Morgan fingerprint density at radius 3 is 2.62 bits per heavy atom. The van der Waals surface area contributed by atoms with Crippen LogP contribution in [-0.2, 0) is 6.54 Å². The zero-order valence-electron chi connectivity index (χ0n) is 16.5. The topological polar surface area (TPSA) is 140 Å². The van der Waals surface area contributed by atoms with E-state index in [9.17, 15) is 4.79 Å². The van der Waals surface area contributed by atoms with Gasteiger partial charge in [0.2, 0.25) is 11.6 Å². The van der Waals surface area contributed by atoms with E-state index in [2.05, 4.69) is 40.7 Å². The Hall–Kier alpha value is -3.60. The standard InChI is InChI=1S/C18H23N9O2/c1-4-26(5-2)11-14-15(27(25-21-14)17-16(19)23-29-24-17)18(28)22-20-10-13-8-6-12(3)7-9-13/h6-10H,4-5,11H2,1-3H3,(H2,19,23)(H,22,28). The van der Waals surface area contributed by atoms with Gasteiger partial charge in [-0.05, 0) is 35.9 Å². The molecule has 0 saturated carbocycles. The average molecular weight is 397 g/mol. The van der Waals surface area contributed by atoms with E-state index in [1.165, 1.54) is 4.68 Å². The van der Waals surface area contributed by atoms with Gasteiger partial charge in [-0.2, -0.15) is 9.78 Å². The number of nitrogen functional groups attached to an aromatic ring is 1. The van der Waals surface area contributed by atoms with Crippen LogP contribution in [0.15, 0.2) is 34.0 Å². The Balaban J connectivity index is 1.87. The Bertz CT molecular complexity index is 987. The van der Waals surface area contributed by atoms with Crippen molar-refractivity contribution in [3.8, 4) is 5.82 Å². The summed E-state index contributed by atoms with van der Waals surface area (Å²) in [5.74, 6) is -0.402. The lowest BCUT2D eigenvalue weighted by molar-refractivity contribution is 0.0945. The van der Waals surface area contributed by atoms with Gasteiger partial charge in [0.05, 0.1) is 6.21 Å². The van der Waals surface area contributed by atoms with E-state index in [1.807, 2.05) is 45.0 Å². The van der Waals surface area contributed by atoms with Crippen LogP contribution in [0.3, 0.4) is 0 Å². The Morgan fingerprint density at radius 1 is 1.28 bits per heavy atom. The Morgan fingerprint density at radius 2 is 2.00 bits per heavy atom. The van der Waals surface area contributed by atoms with Gasteiger partial charge >= 0.3 is 0 Å². The average Bonchev–Trinajstić information content (AvgIpc) is 3.33. The third-order valence-electron chi connectivity index (χ3n) is 4.38. The number of nitrogens with two attached hydrogens (primary N) is 1. The van der Waals surface area contributed by atoms with Crippen molar-refractivity contribution < 1.29 is 9.42 Å². The van der Waals surface area contributed by atoms with Crippen LogP contribution in [0, 0.1) is 6.92 Å². The number of aromatic nitrogens is 5. The molecule has 3 aromatic rings. The number of hydrogen-bond acceptors (Lipinski definition) is 9. The van der Waals surface area contributed by atoms with Crippen LogP contribution in [0.2, 0.25) is 0 Å². The van der Waals surface area contributed by atoms with E-state index in [4.69, 9.17) is 5.73 Å². The lowest BCUT2D eigenvalue weighted by Crippen LogP contribution is -2.27. The summed E-state index contributed by atoms with van der Waals surface area (Å²) >= 11 is 0. The predicted molar refractivity (Wildman–Crippen MR) is 106 cm³/mol. The van der Waals surface area contributed by atoms with Crippen molar-refractivity contribution in [2.24, 2.45) is 5.10 Å². The SMILES string of the molecule is CCN(CC)Cc1nnn(-c2nonc2N)c1C(=O)NN=Cc1ccc(C)cc1. The van der Waals surface area contributed by atoms with Crippen LogP contribution in [0.4, 0.5) is 5.82 Å². The number of anilines is 1. The van der Waals surface area contributed by atoms with Gasteiger partial charge in [-0.3, -0.25) is 9.69 Å². The number of aryl methyl sites for hydroxylation is 1. The van der Waals surface area contributed by atoms with Crippen LogP contribution in [0.5, 0.6) is 0 Å². The minimum Gasteiger partial charge on any atom is -0.378 e. The zero-order valence-corrected chi connectivity index (χ0v) is 16.5. The van der Waals surface area contributed by atoms with Gasteiger partial charge in [0.1, 0.15) is 5.69 Å². The third-order valence-corrected chi connectivity index (χ3v) is 4.38. The summed E-state index contributed by atoms with van der Waals surface area (Å²) in [7, 11) is 0. The summed E-state index contributed by atoms with van der Waals surface area (Å²) in [6, 6.07) is 7.74. The molecular formula is C18H23N9O2. The molecule has 0 aliphatic rings. The second-order valence-electron chi connectivity index (χ2n) is 6.34. The number of nitrogens with zero attached hydrogens (tertiary/aromatic N) is 7. The van der Waals surface area contributed by atoms with Crippen LogP contribution in [-0.4, -0.2) is 55.4 Å². The fourth-order valence-electron chi connectivity index (χ4n) is 2.66. The molecule has 0 aliphatic heterocycles. The van der Waals surface area contributed by atoms with Gasteiger partial charge in [-0.15, -0.1) is 5.10 Å². The lowest BCUT2D eigenvalue weighted by Gasteiger charge is -2.16. The molecule has 0 aliphatic carbocycles. The van der Waals surface area contributed by atoms with Crippen molar-refractivity contribution in [3.63, 3.8) is 0 Å². The van der Waals surface area contributed by atoms with Crippen molar-refractivity contribution in [2.75, 3.05) is 18.8 Å². The number of nitrogens with one attached hydrogen (secondary N) is 1. The molecule has 152 valence electrons. The molecule has 0 atom stereocenters. The monoisotopic (exact) mass is 397 g/mol. The van der Waals surface area contributed by atoms with Crippen LogP contribution < -0.4 is 11.2 Å². The number of hydrazone groups is 1. The molecule has 1 amide bonds. The van der Waals surface area contributed by atoms with E-state index in [0.29, 0.717) is 12.2 Å². The zero-order chi connectivity index (χ0) is 20.8. The van der Waals surface area contributed by atoms with Gasteiger partial charge < -0.3 is 5.73 Å². The molecule has 0 bridgehead atoms. The van der Waals surface area contributed by atoms with Crippen molar-refractivity contribution in [1.82, 2.24) is 35.6 Å². The van der Waals surface area contributed by atoms with Gasteiger partial charge in [0, 0.05) is 6.54 Å². The number of benzene rings is 1. The summed E-state index contributed by atoms with van der Waals surface area (Å²) < 4.78 is 5.84. The largest absolute Gasteiger partial charge is 0.378 e. The summed E-state index contributed by atoms with van der Waals surface area (Å²) in [6.07, 6.45) is 1.56. The minimum atomic E-state index is -0.497. The van der Waals surface area contributed by atoms with Crippen molar-refractivity contribution in [3.05, 3.63) is 46.8 Å². The van der Waals surface area contributed by atoms with Gasteiger partial charge in [0.25, 0.3) is 5.91 Å². The first-order valence-corrected chi connectivity index (χ1v) is 9.18. The van der Waals surface area contributed by atoms with E-state index in [1.54, 1.807) is 6.21 Å². The fourth-order valence-corrected chi connectivity index (χ4v) is 2.66. The number of carbonyl (C=O) groups excluding carboxylic acids is 1. The number of amides is 1. The summed E-state index contributed by atoms with van der Waals surface area (Å²) in [6.45, 7) is 8.08. The highest BCUT2D eigenvalue weighted by atomic mass is 16.6. The number of hydrogen-bond donors (Lipinski definition) is 2. The molecule has 3 rings (SSSR count). The first-order chi connectivity index (χ1) is 14.0. The maximum absolute atomic E-state index is 12.9. The first-order valence-electron chi connectivity index (χ1n) is 9.18. The molecule has 0 spiro atoms. The number of rotatable bonds is 8. The molecule has 0 fully saturated rings. The highest BCUT2D eigenvalue weighted by Gasteiger charge is 2.25. The second kappa shape index (κ2) is 9.06. The Kier molecular flexibility index (Phi) is 6.29. The third kappa shape index (κ3) is 4.63. The van der Waals surface area contributed by atoms with Crippen molar-refractivity contribution in [2.45, 2.75) is 27.3 Å². The normalized spacial score (nSPS) is 11.4. The molecular weight excluding hydrogens is 374 g/mol. The Labute approximate surface area is 167 Å². The van der Waals surface area contributed by atoms with Crippen molar-refractivity contribution in [1.29, 1.82) is 0 Å². The fraction of sp³-hybridized carbons (Fsp3) is 0.333. The highest BCUT2D eigenvalue weighted by Crippen LogP contribution is 2.17. The summed E-state index contributed by atoms with van der Waals surface area (Å²) in [5.41, 5.74) is 10.9. The van der Waals surface area contributed by atoms with E-state index < -0.39 is 5.91 Å². The molecule has 2 aromatic heterocycles. The van der Waals surface area contributed by atoms with E-state index in [0.717, 1.165) is 24.2 Å². The number of carbonyl (C=O) groups is 1. The van der Waals surface area contributed by atoms with Gasteiger partial charge in [-0.1, -0.05) is 48.9 Å². The van der Waals surface area contributed by atoms with Gasteiger partial charge in [-0.25, -0.2) is 10.1 Å². The van der Waals surface area contributed by atoms with Gasteiger partial charge in [0.15, 0.2) is 5.69 Å². The molecule has 29 heavy (non-hydrogen) atoms. The van der Waals surface area contributed by atoms with Crippen LogP contribution in [0.1, 0.15) is 41.2 Å². The van der Waals surface area contributed by atoms with E-state index in [-0.39, 0.29) is 17.3 Å². The maximum Gasteiger partial charge on any atom is 0.292 e. The van der Waals surface area contributed by atoms with Crippen LogP contribution in [0.25, 0.3) is 5.82 Å². The molecule has 0 saturated heterocycles.